The van der Waals surface area contributed by atoms with E-state index in [0.717, 1.165) is 28.6 Å². The molecule has 3 saturated heterocycles. The number of nitrogens with zero attached hydrogens (tertiary/aromatic N) is 1. The molecule has 0 saturated carbocycles. The maximum Gasteiger partial charge on any atom is 0.251 e. The Morgan fingerprint density at radius 3 is 2.74 bits per heavy atom. The van der Waals surface area contributed by atoms with Gasteiger partial charge in [0.25, 0.3) is 5.91 Å². The fourth-order valence-corrected chi connectivity index (χ4v) is 4.02. The summed E-state index contributed by atoms with van der Waals surface area (Å²) in [6.45, 7) is 7.67. The molecule has 4 nitrogen and oxygen atoms in total. The number of benzene rings is 1. The maximum absolute atomic E-state index is 12.7. The standard InChI is InChI=1S/C19H24N2O2/c1-12(2)16-11-23-18-4-3-14(9-15(16)18)19(22)20-17-10-21-7-5-13(17)6-8-21/h3-4,9,11-13,17H,5-8,10H2,1-2H3,(H,20,22)/t17-/m0/s1. The molecule has 1 aromatic heterocycles. The molecule has 4 heterocycles. The highest BCUT2D eigenvalue weighted by Gasteiger charge is 2.34. The van der Waals surface area contributed by atoms with Gasteiger partial charge >= 0.3 is 0 Å². The van der Waals surface area contributed by atoms with Crippen molar-refractivity contribution >= 4 is 16.9 Å². The van der Waals surface area contributed by atoms with Crippen molar-refractivity contribution in [3.05, 3.63) is 35.6 Å². The third-order valence-electron chi connectivity index (χ3n) is 5.46. The van der Waals surface area contributed by atoms with Gasteiger partial charge in [-0.05, 0) is 56.0 Å². The summed E-state index contributed by atoms with van der Waals surface area (Å²) in [6.07, 6.45) is 4.23. The van der Waals surface area contributed by atoms with E-state index in [4.69, 9.17) is 4.42 Å². The van der Waals surface area contributed by atoms with Gasteiger partial charge in [-0.25, -0.2) is 0 Å². The first-order valence-electron chi connectivity index (χ1n) is 8.66. The van der Waals surface area contributed by atoms with Crippen molar-refractivity contribution in [3.63, 3.8) is 0 Å². The van der Waals surface area contributed by atoms with E-state index in [1.165, 1.54) is 25.9 Å². The smallest absolute Gasteiger partial charge is 0.251 e. The van der Waals surface area contributed by atoms with E-state index in [-0.39, 0.29) is 5.91 Å². The van der Waals surface area contributed by atoms with Crippen LogP contribution in [0.15, 0.2) is 28.9 Å². The predicted octanol–water partition coefficient (Wildman–Crippen LogP) is 3.38. The van der Waals surface area contributed by atoms with Crippen LogP contribution in [0.3, 0.4) is 0 Å². The number of amides is 1. The molecule has 0 radical (unpaired) electrons. The summed E-state index contributed by atoms with van der Waals surface area (Å²) in [4.78, 5) is 15.1. The Bertz CT molecular complexity index is 726. The minimum absolute atomic E-state index is 0.0431. The van der Waals surface area contributed by atoms with E-state index >= 15 is 0 Å². The van der Waals surface area contributed by atoms with E-state index < -0.39 is 0 Å². The molecule has 1 amide bonds. The second-order valence-corrected chi connectivity index (χ2v) is 7.27. The fourth-order valence-electron chi connectivity index (χ4n) is 4.02. The van der Waals surface area contributed by atoms with Crippen molar-refractivity contribution in [2.75, 3.05) is 19.6 Å². The van der Waals surface area contributed by atoms with Crippen LogP contribution in [0.4, 0.5) is 0 Å². The highest BCUT2D eigenvalue weighted by molar-refractivity contribution is 5.98. The van der Waals surface area contributed by atoms with Crippen LogP contribution in [0.5, 0.6) is 0 Å². The number of carbonyl (C=O) groups is 1. The Labute approximate surface area is 136 Å². The highest BCUT2D eigenvalue weighted by atomic mass is 16.3. The third-order valence-corrected chi connectivity index (χ3v) is 5.46. The molecule has 3 fully saturated rings. The van der Waals surface area contributed by atoms with Crippen molar-refractivity contribution in [2.45, 2.75) is 38.6 Å². The van der Waals surface area contributed by atoms with Crippen LogP contribution in [-0.2, 0) is 0 Å². The average molecular weight is 312 g/mol. The zero-order valence-electron chi connectivity index (χ0n) is 13.8. The van der Waals surface area contributed by atoms with Gasteiger partial charge in [-0.2, -0.15) is 0 Å². The van der Waals surface area contributed by atoms with Gasteiger partial charge in [0.15, 0.2) is 0 Å². The molecule has 2 bridgehead atoms. The maximum atomic E-state index is 12.7. The van der Waals surface area contributed by atoms with Crippen molar-refractivity contribution < 1.29 is 9.21 Å². The Hall–Kier alpha value is -1.81. The van der Waals surface area contributed by atoms with Crippen molar-refractivity contribution in [1.29, 1.82) is 0 Å². The van der Waals surface area contributed by atoms with Crippen molar-refractivity contribution in [2.24, 2.45) is 5.92 Å². The highest BCUT2D eigenvalue weighted by Crippen LogP contribution is 2.29. The lowest BCUT2D eigenvalue weighted by atomic mass is 9.84. The lowest BCUT2D eigenvalue weighted by Gasteiger charge is -2.44. The lowest BCUT2D eigenvalue weighted by molar-refractivity contribution is 0.0620. The number of furan rings is 1. The first kappa shape index (κ1) is 14.8. The third kappa shape index (κ3) is 2.65. The molecule has 0 aliphatic carbocycles. The summed E-state index contributed by atoms with van der Waals surface area (Å²) in [6, 6.07) is 6.05. The van der Waals surface area contributed by atoms with E-state index in [1.807, 2.05) is 24.5 Å². The van der Waals surface area contributed by atoms with Gasteiger partial charge in [0.2, 0.25) is 0 Å². The summed E-state index contributed by atoms with van der Waals surface area (Å²) < 4.78 is 5.60. The van der Waals surface area contributed by atoms with Crippen LogP contribution in [0.25, 0.3) is 11.0 Å². The first-order chi connectivity index (χ1) is 11.1. The number of carbonyl (C=O) groups excluding carboxylic acids is 1. The molecular weight excluding hydrogens is 288 g/mol. The number of nitrogens with one attached hydrogen (secondary N) is 1. The molecule has 1 aromatic carbocycles. The monoisotopic (exact) mass is 312 g/mol. The first-order valence-corrected chi connectivity index (χ1v) is 8.66. The van der Waals surface area contributed by atoms with E-state index in [9.17, 15) is 4.79 Å². The summed E-state index contributed by atoms with van der Waals surface area (Å²) in [5, 5.41) is 4.32. The van der Waals surface area contributed by atoms with Crippen LogP contribution in [0.2, 0.25) is 0 Å². The summed E-state index contributed by atoms with van der Waals surface area (Å²) in [5.41, 5.74) is 2.75. The minimum atomic E-state index is 0.0431. The van der Waals surface area contributed by atoms with Gasteiger partial charge in [-0.15, -0.1) is 0 Å². The minimum Gasteiger partial charge on any atom is -0.464 e. The number of hydrogen-bond acceptors (Lipinski definition) is 3. The van der Waals surface area contributed by atoms with Crippen LogP contribution < -0.4 is 5.32 Å². The normalized spacial score (nSPS) is 26.8. The molecule has 1 atom stereocenters. The van der Waals surface area contributed by atoms with Gasteiger partial charge in [0, 0.05) is 29.1 Å². The van der Waals surface area contributed by atoms with Crippen LogP contribution in [0, 0.1) is 5.92 Å². The molecule has 0 unspecified atom stereocenters. The quantitative estimate of drug-likeness (QED) is 0.945. The van der Waals surface area contributed by atoms with Gasteiger partial charge in [-0.1, -0.05) is 13.8 Å². The molecule has 3 aliphatic rings. The zero-order chi connectivity index (χ0) is 16.0. The van der Waals surface area contributed by atoms with E-state index in [0.29, 0.717) is 17.9 Å². The summed E-state index contributed by atoms with van der Waals surface area (Å²) in [5.74, 6) is 1.07. The Morgan fingerprint density at radius 1 is 1.30 bits per heavy atom. The number of rotatable bonds is 3. The van der Waals surface area contributed by atoms with Gasteiger partial charge in [-0.3, -0.25) is 4.79 Å². The molecule has 2 aromatic rings. The molecule has 3 aliphatic heterocycles. The predicted molar refractivity (Wildman–Crippen MR) is 90.7 cm³/mol. The number of fused-ring (bicyclic) bond motifs is 4. The van der Waals surface area contributed by atoms with Crippen molar-refractivity contribution in [1.82, 2.24) is 10.2 Å². The van der Waals surface area contributed by atoms with Crippen LogP contribution in [-0.4, -0.2) is 36.5 Å². The second-order valence-electron chi connectivity index (χ2n) is 7.27. The Morgan fingerprint density at radius 2 is 2.09 bits per heavy atom. The van der Waals surface area contributed by atoms with Gasteiger partial charge in [0.05, 0.1) is 6.26 Å². The summed E-state index contributed by atoms with van der Waals surface area (Å²) >= 11 is 0. The lowest BCUT2D eigenvalue weighted by Crippen LogP contribution is -2.57. The SMILES string of the molecule is CC(C)c1coc2ccc(C(=O)N[C@H]3CN4CCC3CC4)cc12. The molecule has 5 rings (SSSR count). The Balaban J connectivity index is 1.56. The molecule has 1 N–H and O–H groups in total. The molecule has 23 heavy (non-hydrogen) atoms. The average Bonchev–Trinajstić information content (AvgIpc) is 2.99. The van der Waals surface area contributed by atoms with Crippen LogP contribution in [0.1, 0.15) is 48.5 Å². The van der Waals surface area contributed by atoms with Gasteiger partial charge < -0.3 is 14.6 Å². The zero-order valence-corrected chi connectivity index (χ0v) is 13.8. The van der Waals surface area contributed by atoms with Gasteiger partial charge in [0.1, 0.15) is 5.58 Å². The van der Waals surface area contributed by atoms with E-state index in [2.05, 4.69) is 24.1 Å². The summed E-state index contributed by atoms with van der Waals surface area (Å²) in [7, 11) is 0. The largest absolute Gasteiger partial charge is 0.464 e. The van der Waals surface area contributed by atoms with Crippen LogP contribution >= 0.6 is 0 Å². The number of hydrogen-bond donors (Lipinski definition) is 1. The second kappa shape index (κ2) is 5.68. The molecule has 122 valence electrons. The fraction of sp³-hybridized carbons (Fsp3) is 0.526. The number of piperidine rings is 3. The molecular formula is C19H24N2O2. The molecule has 0 spiro atoms. The van der Waals surface area contributed by atoms with E-state index in [1.54, 1.807) is 0 Å². The molecule has 4 heteroatoms. The topological polar surface area (TPSA) is 45.5 Å². The Kier molecular flexibility index (Phi) is 3.64. The van der Waals surface area contributed by atoms with Crippen molar-refractivity contribution in [3.8, 4) is 0 Å².